The SMILES string of the molecule is CC(C)(C)OCCOC(=O)C(C)(C)N. The number of hydrogen-bond donors (Lipinski definition) is 1. The van der Waals surface area contributed by atoms with Gasteiger partial charge in [-0.1, -0.05) is 0 Å². The van der Waals surface area contributed by atoms with E-state index in [2.05, 4.69) is 0 Å². The van der Waals surface area contributed by atoms with Crippen molar-refractivity contribution in [3.63, 3.8) is 0 Å². The van der Waals surface area contributed by atoms with Crippen LogP contribution >= 0.6 is 0 Å². The monoisotopic (exact) mass is 203 g/mol. The van der Waals surface area contributed by atoms with Crippen molar-refractivity contribution in [2.75, 3.05) is 13.2 Å². The molecule has 0 saturated carbocycles. The molecule has 14 heavy (non-hydrogen) atoms. The van der Waals surface area contributed by atoms with E-state index in [1.54, 1.807) is 13.8 Å². The zero-order valence-electron chi connectivity index (χ0n) is 9.72. The van der Waals surface area contributed by atoms with Crippen LogP contribution < -0.4 is 5.73 Å². The van der Waals surface area contributed by atoms with E-state index in [4.69, 9.17) is 15.2 Å². The lowest BCUT2D eigenvalue weighted by atomic mass is 10.1. The maximum Gasteiger partial charge on any atom is 0.325 e. The lowest BCUT2D eigenvalue weighted by Gasteiger charge is -2.21. The van der Waals surface area contributed by atoms with Gasteiger partial charge in [0.25, 0.3) is 0 Å². The fourth-order valence-corrected chi connectivity index (χ4v) is 0.668. The van der Waals surface area contributed by atoms with E-state index < -0.39 is 11.5 Å². The molecule has 0 aliphatic carbocycles. The molecule has 0 aromatic heterocycles. The van der Waals surface area contributed by atoms with Crippen LogP contribution in [0.4, 0.5) is 0 Å². The van der Waals surface area contributed by atoms with Crippen molar-refractivity contribution in [1.82, 2.24) is 0 Å². The molecule has 0 aromatic carbocycles. The molecule has 0 unspecified atom stereocenters. The summed E-state index contributed by atoms with van der Waals surface area (Å²) in [6.45, 7) is 9.70. The van der Waals surface area contributed by atoms with Crippen LogP contribution in [-0.4, -0.2) is 30.3 Å². The molecule has 0 radical (unpaired) electrons. The number of rotatable bonds is 4. The van der Waals surface area contributed by atoms with Crippen molar-refractivity contribution in [1.29, 1.82) is 0 Å². The molecular formula is C10H21NO3. The average molecular weight is 203 g/mol. The molecule has 0 saturated heterocycles. The Bertz CT molecular complexity index is 189. The highest BCUT2D eigenvalue weighted by atomic mass is 16.6. The Hall–Kier alpha value is -0.610. The third-order valence-corrected chi connectivity index (χ3v) is 1.38. The second-order valence-corrected chi connectivity index (χ2v) is 4.82. The summed E-state index contributed by atoms with van der Waals surface area (Å²) in [6, 6.07) is 0. The highest BCUT2D eigenvalue weighted by Crippen LogP contribution is 2.06. The summed E-state index contributed by atoms with van der Waals surface area (Å²) >= 11 is 0. The normalized spacial score (nSPS) is 12.7. The molecule has 0 aliphatic rings. The lowest BCUT2D eigenvalue weighted by molar-refractivity contribution is -0.151. The van der Waals surface area contributed by atoms with Crippen molar-refractivity contribution in [2.24, 2.45) is 5.73 Å². The van der Waals surface area contributed by atoms with Crippen LogP contribution in [0.3, 0.4) is 0 Å². The largest absolute Gasteiger partial charge is 0.462 e. The predicted molar refractivity (Wildman–Crippen MR) is 54.9 cm³/mol. The molecule has 0 heterocycles. The quantitative estimate of drug-likeness (QED) is 0.548. The van der Waals surface area contributed by atoms with Gasteiger partial charge in [0.2, 0.25) is 0 Å². The molecule has 84 valence electrons. The molecule has 0 atom stereocenters. The highest BCUT2D eigenvalue weighted by Gasteiger charge is 2.23. The molecule has 0 spiro atoms. The second-order valence-electron chi connectivity index (χ2n) is 4.82. The van der Waals surface area contributed by atoms with Gasteiger partial charge in [0, 0.05) is 0 Å². The fraction of sp³-hybridized carbons (Fsp3) is 0.900. The highest BCUT2D eigenvalue weighted by molar-refractivity contribution is 5.79. The van der Waals surface area contributed by atoms with Gasteiger partial charge in [0.15, 0.2) is 0 Å². The molecule has 0 bridgehead atoms. The fourth-order valence-electron chi connectivity index (χ4n) is 0.668. The molecule has 0 fully saturated rings. The van der Waals surface area contributed by atoms with Crippen LogP contribution in [0.15, 0.2) is 0 Å². The van der Waals surface area contributed by atoms with Crippen LogP contribution in [0.25, 0.3) is 0 Å². The molecule has 0 aliphatic heterocycles. The first-order chi connectivity index (χ1) is 6.13. The summed E-state index contributed by atoms with van der Waals surface area (Å²) in [4.78, 5) is 11.2. The first-order valence-electron chi connectivity index (χ1n) is 4.73. The van der Waals surface area contributed by atoms with Gasteiger partial charge < -0.3 is 15.2 Å². The minimum Gasteiger partial charge on any atom is -0.462 e. The smallest absolute Gasteiger partial charge is 0.325 e. The first-order valence-corrected chi connectivity index (χ1v) is 4.73. The number of esters is 1. The summed E-state index contributed by atoms with van der Waals surface area (Å²) in [5.41, 5.74) is 4.40. The van der Waals surface area contributed by atoms with Crippen molar-refractivity contribution in [2.45, 2.75) is 45.8 Å². The Balaban J connectivity index is 3.62. The summed E-state index contributed by atoms with van der Waals surface area (Å²) in [7, 11) is 0. The van der Waals surface area contributed by atoms with E-state index in [9.17, 15) is 4.79 Å². The number of carbonyl (C=O) groups is 1. The minimum atomic E-state index is -0.929. The third-order valence-electron chi connectivity index (χ3n) is 1.38. The number of nitrogens with two attached hydrogens (primary N) is 1. The van der Waals surface area contributed by atoms with E-state index in [1.807, 2.05) is 20.8 Å². The average Bonchev–Trinajstić information content (AvgIpc) is 1.93. The van der Waals surface area contributed by atoms with E-state index in [0.717, 1.165) is 0 Å². The molecule has 0 amide bonds. The standard InChI is InChI=1S/C10H21NO3/c1-9(2,3)14-7-6-13-8(12)10(4,5)11/h6-7,11H2,1-5H3. The zero-order chi connectivity index (χ0) is 11.4. The second kappa shape index (κ2) is 4.75. The van der Waals surface area contributed by atoms with Crippen molar-refractivity contribution in [3.05, 3.63) is 0 Å². The van der Waals surface area contributed by atoms with Gasteiger partial charge in [0.05, 0.1) is 12.2 Å². The van der Waals surface area contributed by atoms with Gasteiger partial charge in [-0.15, -0.1) is 0 Å². The van der Waals surface area contributed by atoms with Crippen molar-refractivity contribution >= 4 is 5.97 Å². The third kappa shape index (κ3) is 6.86. The topological polar surface area (TPSA) is 61.5 Å². The Morgan fingerprint density at radius 2 is 1.64 bits per heavy atom. The Morgan fingerprint density at radius 3 is 2.00 bits per heavy atom. The maximum atomic E-state index is 11.2. The Kier molecular flexibility index (Phi) is 4.55. The minimum absolute atomic E-state index is 0.204. The van der Waals surface area contributed by atoms with Crippen molar-refractivity contribution in [3.8, 4) is 0 Å². The number of carbonyl (C=O) groups excluding carboxylic acids is 1. The summed E-state index contributed by atoms with van der Waals surface area (Å²) < 4.78 is 10.3. The summed E-state index contributed by atoms with van der Waals surface area (Å²) in [5, 5.41) is 0. The van der Waals surface area contributed by atoms with Crippen LogP contribution in [0, 0.1) is 0 Å². The molecule has 2 N–H and O–H groups in total. The number of ether oxygens (including phenoxy) is 2. The van der Waals surface area contributed by atoms with E-state index in [-0.39, 0.29) is 12.2 Å². The predicted octanol–water partition coefficient (Wildman–Crippen LogP) is 1.08. The Morgan fingerprint density at radius 1 is 1.14 bits per heavy atom. The van der Waals surface area contributed by atoms with Gasteiger partial charge in [-0.05, 0) is 34.6 Å². The van der Waals surface area contributed by atoms with Crippen LogP contribution in [-0.2, 0) is 14.3 Å². The van der Waals surface area contributed by atoms with E-state index in [0.29, 0.717) is 6.61 Å². The lowest BCUT2D eigenvalue weighted by Crippen LogP contribution is -2.43. The van der Waals surface area contributed by atoms with Crippen molar-refractivity contribution < 1.29 is 14.3 Å². The van der Waals surface area contributed by atoms with Gasteiger partial charge in [-0.25, -0.2) is 0 Å². The molecule has 4 heteroatoms. The molecule has 0 aromatic rings. The number of hydrogen-bond acceptors (Lipinski definition) is 4. The molecule has 4 nitrogen and oxygen atoms in total. The zero-order valence-corrected chi connectivity index (χ0v) is 9.72. The van der Waals surface area contributed by atoms with E-state index in [1.165, 1.54) is 0 Å². The van der Waals surface area contributed by atoms with Gasteiger partial charge in [-0.3, -0.25) is 4.79 Å². The van der Waals surface area contributed by atoms with Gasteiger partial charge >= 0.3 is 5.97 Å². The molecule has 0 rings (SSSR count). The van der Waals surface area contributed by atoms with Gasteiger partial charge in [0.1, 0.15) is 12.1 Å². The summed E-state index contributed by atoms with van der Waals surface area (Å²) in [6.07, 6.45) is 0. The Labute approximate surface area is 85.8 Å². The van der Waals surface area contributed by atoms with Crippen LogP contribution in [0.5, 0.6) is 0 Å². The van der Waals surface area contributed by atoms with Crippen LogP contribution in [0.1, 0.15) is 34.6 Å². The van der Waals surface area contributed by atoms with Crippen LogP contribution in [0.2, 0.25) is 0 Å². The van der Waals surface area contributed by atoms with E-state index >= 15 is 0 Å². The molecular weight excluding hydrogens is 182 g/mol. The van der Waals surface area contributed by atoms with Gasteiger partial charge in [-0.2, -0.15) is 0 Å². The maximum absolute atomic E-state index is 11.2. The summed E-state index contributed by atoms with van der Waals surface area (Å²) in [5.74, 6) is -0.407. The first kappa shape index (κ1) is 13.4.